The van der Waals surface area contributed by atoms with E-state index in [0.717, 1.165) is 11.3 Å². The lowest BCUT2D eigenvalue weighted by atomic mass is 9.86. The number of hydroxylamine groups is 1. The predicted octanol–water partition coefficient (Wildman–Crippen LogP) is 2.36. The number of ether oxygens (including phenoxy) is 2. The first kappa shape index (κ1) is 25.6. The molecule has 0 aromatic heterocycles. The Hall–Kier alpha value is -3.06. The Morgan fingerprint density at radius 3 is 2.47 bits per heavy atom. The quantitative estimate of drug-likeness (QED) is 0.283. The smallest absolute Gasteiger partial charge is 0.262 e. The molecule has 1 saturated heterocycles. The monoisotopic (exact) mass is 486 g/mol. The predicted molar refractivity (Wildman–Crippen MR) is 128 cm³/mol. The minimum atomic E-state index is -4.06. The van der Waals surface area contributed by atoms with Gasteiger partial charge in [0.05, 0.1) is 12.0 Å². The fourth-order valence-electron chi connectivity index (χ4n) is 4.25. The van der Waals surface area contributed by atoms with Gasteiger partial charge in [0, 0.05) is 6.04 Å². The molecular formula is C25H30N2O6S. The van der Waals surface area contributed by atoms with Gasteiger partial charge in [0.15, 0.2) is 9.84 Å². The van der Waals surface area contributed by atoms with Gasteiger partial charge in [0.2, 0.25) is 0 Å². The Kier molecular flexibility index (Phi) is 8.93. The van der Waals surface area contributed by atoms with Crippen LogP contribution in [0.25, 0.3) is 0 Å². The van der Waals surface area contributed by atoms with E-state index in [1.54, 1.807) is 19.5 Å². The highest BCUT2D eigenvalue weighted by molar-refractivity contribution is 7.92. The molecule has 0 radical (unpaired) electrons. The summed E-state index contributed by atoms with van der Waals surface area (Å²) in [5.74, 6) is 5.34. The molecular weight excluding hydrogens is 456 g/mol. The number of amides is 1. The molecule has 1 fully saturated rings. The number of piperidine rings is 1. The van der Waals surface area contributed by atoms with Gasteiger partial charge in [0.1, 0.15) is 23.4 Å². The summed E-state index contributed by atoms with van der Waals surface area (Å²) in [5, 5.41) is 11.3. The topological polar surface area (TPSA) is 114 Å². The second-order valence-corrected chi connectivity index (χ2v) is 10.2. The van der Waals surface area contributed by atoms with Crippen LogP contribution in [0.3, 0.4) is 0 Å². The summed E-state index contributed by atoms with van der Waals surface area (Å²) in [5.41, 5.74) is 2.65. The van der Waals surface area contributed by atoms with E-state index in [4.69, 9.17) is 9.47 Å². The molecule has 1 heterocycles. The molecule has 3 atom stereocenters. The fraction of sp³-hybridized carbons (Fsp3) is 0.400. The molecule has 8 nitrogen and oxygen atoms in total. The Morgan fingerprint density at radius 1 is 1.18 bits per heavy atom. The number of rotatable bonds is 9. The summed E-state index contributed by atoms with van der Waals surface area (Å²) < 4.78 is 37.6. The van der Waals surface area contributed by atoms with Gasteiger partial charge in [-0.3, -0.25) is 10.0 Å². The van der Waals surface area contributed by atoms with E-state index in [1.165, 1.54) is 24.3 Å². The van der Waals surface area contributed by atoms with E-state index in [2.05, 4.69) is 17.2 Å². The van der Waals surface area contributed by atoms with Crippen molar-refractivity contribution in [2.45, 2.75) is 42.4 Å². The van der Waals surface area contributed by atoms with Gasteiger partial charge < -0.3 is 14.8 Å². The van der Waals surface area contributed by atoms with E-state index >= 15 is 0 Å². The molecule has 0 saturated carbocycles. The van der Waals surface area contributed by atoms with Crippen molar-refractivity contribution in [1.82, 2.24) is 10.8 Å². The van der Waals surface area contributed by atoms with Crippen molar-refractivity contribution in [3.05, 3.63) is 54.1 Å². The third-order valence-corrected chi connectivity index (χ3v) is 8.14. The van der Waals surface area contributed by atoms with Crippen LogP contribution < -0.4 is 20.3 Å². The first-order chi connectivity index (χ1) is 16.4. The molecule has 0 bridgehead atoms. The summed E-state index contributed by atoms with van der Waals surface area (Å²) in [6, 6.07) is 13.6. The van der Waals surface area contributed by atoms with Gasteiger partial charge in [-0.15, -0.1) is 5.92 Å². The lowest BCUT2D eigenvalue weighted by Crippen LogP contribution is -2.50. The molecule has 1 aliphatic rings. The van der Waals surface area contributed by atoms with Crippen LogP contribution in [0.2, 0.25) is 0 Å². The third-order valence-electron chi connectivity index (χ3n) is 5.95. The Morgan fingerprint density at radius 2 is 1.85 bits per heavy atom. The summed E-state index contributed by atoms with van der Waals surface area (Å²) >= 11 is 0. The van der Waals surface area contributed by atoms with Gasteiger partial charge >= 0.3 is 0 Å². The number of carbonyl (C=O) groups excluding carboxylic acids is 1. The maximum Gasteiger partial charge on any atom is 0.262 e. The zero-order valence-corrected chi connectivity index (χ0v) is 20.1. The van der Waals surface area contributed by atoms with Crippen molar-refractivity contribution in [3.63, 3.8) is 0 Å². The molecule has 34 heavy (non-hydrogen) atoms. The highest BCUT2D eigenvalue weighted by atomic mass is 32.2. The summed E-state index contributed by atoms with van der Waals surface area (Å²) in [6.07, 6.45) is 1.65. The van der Waals surface area contributed by atoms with E-state index in [1.807, 2.05) is 24.3 Å². The molecule has 0 spiro atoms. The number of sulfone groups is 1. The lowest BCUT2D eigenvalue weighted by molar-refractivity contribution is -0.129. The molecule has 3 unspecified atom stereocenters. The Balaban J connectivity index is 1.78. The van der Waals surface area contributed by atoms with Crippen molar-refractivity contribution >= 4 is 15.7 Å². The number of benzene rings is 2. The van der Waals surface area contributed by atoms with Crippen molar-refractivity contribution in [3.8, 4) is 23.3 Å². The SMILES string of the molecule is CC#CCOc1ccc(S(=O)(=O)C(C(=O)NO)C2CCNC(Cc3ccc(OC)cc3)C2)cc1. The van der Waals surface area contributed by atoms with Crippen LogP contribution in [0.15, 0.2) is 53.4 Å². The number of hydrogen-bond donors (Lipinski definition) is 3. The van der Waals surface area contributed by atoms with Gasteiger partial charge in [-0.1, -0.05) is 18.1 Å². The fourth-order valence-corrected chi connectivity index (χ4v) is 6.15. The van der Waals surface area contributed by atoms with Crippen molar-refractivity contribution in [2.24, 2.45) is 5.92 Å². The summed E-state index contributed by atoms with van der Waals surface area (Å²) in [6.45, 7) is 2.47. The van der Waals surface area contributed by atoms with Gasteiger partial charge in [-0.05, 0) is 80.6 Å². The van der Waals surface area contributed by atoms with Crippen molar-refractivity contribution < 1.29 is 27.9 Å². The van der Waals surface area contributed by atoms with Crippen molar-refractivity contribution in [2.75, 3.05) is 20.3 Å². The van der Waals surface area contributed by atoms with Gasteiger partial charge in [-0.2, -0.15) is 0 Å². The van der Waals surface area contributed by atoms with Crippen LogP contribution in [-0.2, 0) is 21.1 Å². The maximum absolute atomic E-state index is 13.5. The minimum Gasteiger partial charge on any atom is -0.497 e. The minimum absolute atomic E-state index is 0.000243. The normalized spacial score (nSPS) is 18.8. The average molecular weight is 487 g/mol. The molecule has 1 amide bonds. The molecule has 2 aromatic rings. The van der Waals surface area contributed by atoms with Gasteiger partial charge in [-0.25, -0.2) is 13.9 Å². The van der Waals surface area contributed by atoms with Crippen molar-refractivity contribution in [1.29, 1.82) is 0 Å². The van der Waals surface area contributed by atoms with Crippen LogP contribution in [0.4, 0.5) is 0 Å². The summed E-state index contributed by atoms with van der Waals surface area (Å²) in [4.78, 5) is 12.6. The molecule has 3 N–H and O–H groups in total. The number of hydrogen-bond acceptors (Lipinski definition) is 7. The Labute approximate surface area is 200 Å². The van der Waals surface area contributed by atoms with Crippen LogP contribution in [0.5, 0.6) is 11.5 Å². The highest BCUT2D eigenvalue weighted by Gasteiger charge is 2.42. The first-order valence-corrected chi connectivity index (χ1v) is 12.6. The highest BCUT2D eigenvalue weighted by Crippen LogP contribution is 2.31. The standard InChI is InChI=1S/C25H30N2O6S/c1-3-4-15-33-22-9-11-23(12-10-22)34(30,31)24(25(28)27-29)19-13-14-26-20(17-19)16-18-5-7-21(32-2)8-6-18/h5-12,19-20,24,26,29H,13-17H2,1-2H3,(H,27,28). The lowest BCUT2D eigenvalue weighted by Gasteiger charge is -2.34. The summed E-state index contributed by atoms with van der Waals surface area (Å²) in [7, 11) is -2.45. The largest absolute Gasteiger partial charge is 0.497 e. The third kappa shape index (κ3) is 6.29. The van der Waals surface area contributed by atoms with Gasteiger partial charge in [0.25, 0.3) is 5.91 Å². The molecule has 9 heteroatoms. The maximum atomic E-state index is 13.5. The molecule has 3 rings (SSSR count). The zero-order valence-electron chi connectivity index (χ0n) is 19.3. The zero-order chi connectivity index (χ0) is 24.6. The van der Waals surface area contributed by atoms with E-state index < -0.39 is 26.9 Å². The van der Waals surface area contributed by atoms with Crippen LogP contribution in [0, 0.1) is 17.8 Å². The molecule has 182 valence electrons. The average Bonchev–Trinajstić information content (AvgIpc) is 2.85. The van der Waals surface area contributed by atoms with E-state index in [0.29, 0.717) is 31.6 Å². The number of nitrogens with one attached hydrogen (secondary N) is 2. The Bertz CT molecular complexity index is 1120. The van der Waals surface area contributed by atoms with Crippen LogP contribution in [0.1, 0.15) is 25.3 Å². The molecule has 2 aromatic carbocycles. The van der Waals surface area contributed by atoms with E-state index in [-0.39, 0.29) is 17.5 Å². The molecule has 0 aliphatic carbocycles. The van der Waals surface area contributed by atoms with Crippen LogP contribution in [-0.4, -0.2) is 51.1 Å². The second kappa shape index (κ2) is 11.9. The second-order valence-electron chi connectivity index (χ2n) is 8.12. The van der Waals surface area contributed by atoms with Crippen LogP contribution >= 0.6 is 0 Å². The van der Waals surface area contributed by atoms with E-state index in [9.17, 15) is 18.4 Å². The number of carbonyl (C=O) groups is 1. The first-order valence-electron chi connectivity index (χ1n) is 11.1. The number of methoxy groups -OCH3 is 1. The molecule has 1 aliphatic heterocycles.